The first kappa shape index (κ1) is 14.2. The molecule has 21 heavy (non-hydrogen) atoms. The first-order valence-electron chi connectivity index (χ1n) is 6.30. The number of hydrogen-bond acceptors (Lipinski definition) is 2. The van der Waals surface area contributed by atoms with Gasteiger partial charge in [-0.05, 0) is 48.9 Å². The lowest BCUT2D eigenvalue weighted by atomic mass is 10.2. The predicted molar refractivity (Wildman–Crippen MR) is 88.1 cm³/mol. The molecule has 106 valence electrons. The summed E-state index contributed by atoms with van der Waals surface area (Å²) in [5.74, 6) is -0.0323. The number of halogens is 2. The summed E-state index contributed by atoms with van der Waals surface area (Å²) in [6.45, 7) is 1.85. The number of hydrogen-bond donors (Lipinski definition) is 1. The van der Waals surface area contributed by atoms with Gasteiger partial charge < -0.3 is 9.73 Å². The molecule has 0 fully saturated rings. The highest BCUT2D eigenvalue weighted by molar-refractivity contribution is 9.10. The van der Waals surface area contributed by atoms with Gasteiger partial charge in [-0.15, -0.1) is 0 Å². The lowest BCUT2D eigenvalue weighted by Gasteiger charge is -2.07. The van der Waals surface area contributed by atoms with Gasteiger partial charge in [-0.25, -0.2) is 0 Å². The Hall–Kier alpha value is -1.78. The molecule has 1 aromatic heterocycles. The van der Waals surface area contributed by atoms with E-state index in [0.717, 1.165) is 15.4 Å². The van der Waals surface area contributed by atoms with Crippen molar-refractivity contribution in [2.75, 3.05) is 5.32 Å². The van der Waals surface area contributed by atoms with Crippen LogP contribution >= 0.6 is 27.5 Å². The average molecular weight is 365 g/mol. The molecule has 3 nitrogen and oxygen atoms in total. The monoisotopic (exact) mass is 363 g/mol. The third kappa shape index (κ3) is 2.82. The van der Waals surface area contributed by atoms with Crippen LogP contribution in [0.1, 0.15) is 16.1 Å². The highest BCUT2D eigenvalue weighted by atomic mass is 79.9. The van der Waals surface area contributed by atoms with Crippen molar-refractivity contribution in [3.8, 4) is 0 Å². The van der Waals surface area contributed by atoms with Crippen molar-refractivity contribution in [1.29, 1.82) is 0 Å². The number of amides is 1. The molecule has 0 unspecified atom stereocenters. The Labute approximate surface area is 135 Å². The molecule has 0 saturated heterocycles. The van der Waals surface area contributed by atoms with Crippen molar-refractivity contribution in [3.05, 3.63) is 63.3 Å². The van der Waals surface area contributed by atoms with Crippen LogP contribution in [0.15, 0.2) is 51.4 Å². The van der Waals surface area contributed by atoms with E-state index < -0.39 is 0 Å². The molecule has 0 atom stereocenters. The number of fused-ring (bicyclic) bond motifs is 1. The summed E-state index contributed by atoms with van der Waals surface area (Å²) in [6.07, 6.45) is 0. The number of carbonyl (C=O) groups is 1. The highest BCUT2D eigenvalue weighted by Crippen LogP contribution is 2.26. The van der Waals surface area contributed by atoms with Crippen molar-refractivity contribution in [2.24, 2.45) is 0 Å². The van der Waals surface area contributed by atoms with Crippen molar-refractivity contribution < 1.29 is 9.21 Å². The maximum atomic E-state index is 12.3. The fourth-order valence-corrected chi connectivity index (χ4v) is 2.61. The zero-order valence-corrected chi connectivity index (χ0v) is 13.5. The van der Waals surface area contributed by atoms with Crippen LogP contribution in [0, 0.1) is 6.92 Å². The molecule has 0 aliphatic rings. The maximum absolute atomic E-state index is 12.3. The summed E-state index contributed by atoms with van der Waals surface area (Å²) in [6, 6.07) is 12.7. The fourth-order valence-electron chi connectivity index (χ4n) is 2.05. The van der Waals surface area contributed by atoms with E-state index in [2.05, 4.69) is 21.2 Å². The zero-order valence-electron chi connectivity index (χ0n) is 11.1. The minimum atomic E-state index is -0.298. The molecule has 2 aromatic carbocycles. The van der Waals surface area contributed by atoms with Crippen LogP contribution in [0.4, 0.5) is 5.69 Å². The second-order valence-electron chi connectivity index (χ2n) is 4.66. The summed E-state index contributed by atoms with van der Waals surface area (Å²) in [4.78, 5) is 12.3. The normalized spacial score (nSPS) is 10.8. The summed E-state index contributed by atoms with van der Waals surface area (Å²) >= 11 is 9.44. The first-order chi connectivity index (χ1) is 10.0. The van der Waals surface area contributed by atoms with Crippen LogP contribution < -0.4 is 5.32 Å². The predicted octanol–water partition coefficient (Wildman–Crippen LogP) is 5.41. The Bertz CT molecular complexity index is 841. The summed E-state index contributed by atoms with van der Waals surface area (Å²) in [5, 5.41) is 4.30. The number of furan rings is 1. The van der Waals surface area contributed by atoms with Gasteiger partial charge >= 0.3 is 0 Å². The minimum absolute atomic E-state index is 0.266. The van der Waals surface area contributed by atoms with Gasteiger partial charge in [0.15, 0.2) is 5.76 Å². The second-order valence-corrected chi connectivity index (χ2v) is 5.98. The van der Waals surface area contributed by atoms with Crippen LogP contribution in [0.25, 0.3) is 11.0 Å². The summed E-state index contributed by atoms with van der Waals surface area (Å²) in [7, 11) is 0. The van der Waals surface area contributed by atoms with E-state index in [9.17, 15) is 4.79 Å². The molecule has 0 saturated carbocycles. The standard InChI is InChI=1S/C16H11BrClNO2/c1-9-12(18)3-2-4-13(9)19-16(20)15-8-10-7-11(17)5-6-14(10)21-15/h2-8H,1H3,(H,19,20). The highest BCUT2D eigenvalue weighted by Gasteiger charge is 2.14. The molecule has 0 bridgehead atoms. The number of nitrogens with one attached hydrogen (secondary N) is 1. The SMILES string of the molecule is Cc1c(Cl)cccc1NC(=O)c1cc2cc(Br)ccc2o1. The van der Waals surface area contributed by atoms with Gasteiger partial charge in [-0.3, -0.25) is 4.79 Å². The van der Waals surface area contributed by atoms with Gasteiger partial charge in [-0.2, -0.15) is 0 Å². The van der Waals surface area contributed by atoms with Gasteiger partial charge in [0, 0.05) is 20.6 Å². The smallest absolute Gasteiger partial charge is 0.291 e. The van der Waals surface area contributed by atoms with Crippen LogP contribution in [-0.2, 0) is 0 Å². The van der Waals surface area contributed by atoms with E-state index in [1.165, 1.54) is 0 Å². The Morgan fingerprint density at radius 1 is 1.24 bits per heavy atom. The largest absolute Gasteiger partial charge is 0.451 e. The average Bonchev–Trinajstić information content (AvgIpc) is 2.87. The van der Waals surface area contributed by atoms with Gasteiger partial charge in [0.05, 0.1) is 0 Å². The van der Waals surface area contributed by atoms with Gasteiger partial charge in [-0.1, -0.05) is 33.6 Å². The third-order valence-corrected chi connectivity index (χ3v) is 4.12. The van der Waals surface area contributed by atoms with Crippen LogP contribution in [0.5, 0.6) is 0 Å². The fraction of sp³-hybridized carbons (Fsp3) is 0.0625. The van der Waals surface area contributed by atoms with Crippen LogP contribution in [0.2, 0.25) is 5.02 Å². The molecular formula is C16H11BrClNO2. The quantitative estimate of drug-likeness (QED) is 0.660. The van der Waals surface area contributed by atoms with E-state index in [1.807, 2.05) is 25.1 Å². The number of rotatable bonds is 2. The molecule has 1 amide bonds. The van der Waals surface area contributed by atoms with E-state index >= 15 is 0 Å². The van der Waals surface area contributed by atoms with E-state index in [0.29, 0.717) is 16.3 Å². The first-order valence-corrected chi connectivity index (χ1v) is 7.47. The molecule has 1 N–H and O–H groups in total. The number of carbonyl (C=O) groups excluding carboxylic acids is 1. The van der Waals surface area contributed by atoms with Crippen LogP contribution in [-0.4, -0.2) is 5.91 Å². The van der Waals surface area contributed by atoms with E-state index in [4.69, 9.17) is 16.0 Å². The number of anilines is 1. The Morgan fingerprint density at radius 2 is 2.05 bits per heavy atom. The Balaban J connectivity index is 1.91. The number of benzene rings is 2. The van der Waals surface area contributed by atoms with Gasteiger partial charge in [0.25, 0.3) is 5.91 Å². The van der Waals surface area contributed by atoms with Crippen LogP contribution in [0.3, 0.4) is 0 Å². The maximum Gasteiger partial charge on any atom is 0.291 e. The Morgan fingerprint density at radius 3 is 2.86 bits per heavy atom. The van der Waals surface area contributed by atoms with Crippen molar-refractivity contribution in [1.82, 2.24) is 0 Å². The molecular weight excluding hydrogens is 354 g/mol. The molecule has 0 aliphatic heterocycles. The summed E-state index contributed by atoms with van der Waals surface area (Å²) in [5.41, 5.74) is 2.17. The molecule has 0 radical (unpaired) electrons. The lowest BCUT2D eigenvalue weighted by Crippen LogP contribution is -2.11. The molecule has 0 spiro atoms. The Kier molecular flexibility index (Phi) is 3.74. The molecule has 3 rings (SSSR count). The molecule has 1 heterocycles. The van der Waals surface area contributed by atoms with Crippen molar-refractivity contribution in [3.63, 3.8) is 0 Å². The molecule has 3 aromatic rings. The third-order valence-electron chi connectivity index (χ3n) is 3.22. The zero-order chi connectivity index (χ0) is 15.0. The second kappa shape index (κ2) is 5.54. The lowest BCUT2D eigenvalue weighted by molar-refractivity contribution is 0.0998. The molecule has 0 aliphatic carbocycles. The van der Waals surface area contributed by atoms with Crippen molar-refractivity contribution in [2.45, 2.75) is 6.92 Å². The summed E-state index contributed by atoms with van der Waals surface area (Å²) < 4.78 is 6.50. The van der Waals surface area contributed by atoms with Crippen molar-refractivity contribution >= 4 is 50.1 Å². The van der Waals surface area contributed by atoms with Gasteiger partial charge in [0.2, 0.25) is 0 Å². The van der Waals surface area contributed by atoms with E-state index in [-0.39, 0.29) is 11.7 Å². The topological polar surface area (TPSA) is 42.2 Å². The van der Waals surface area contributed by atoms with E-state index in [1.54, 1.807) is 24.3 Å². The molecule has 5 heteroatoms. The van der Waals surface area contributed by atoms with Gasteiger partial charge in [0.1, 0.15) is 5.58 Å². The minimum Gasteiger partial charge on any atom is -0.451 e.